The smallest absolute Gasteiger partial charge is 0.243 e. The molecule has 0 atom stereocenters. The van der Waals surface area contributed by atoms with E-state index in [1.165, 1.54) is 16.5 Å². The van der Waals surface area contributed by atoms with Crippen molar-refractivity contribution in [3.05, 3.63) is 89.9 Å². The van der Waals surface area contributed by atoms with Gasteiger partial charge in [0.2, 0.25) is 16.0 Å². The third kappa shape index (κ3) is 7.10. The van der Waals surface area contributed by atoms with Crippen LogP contribution in [-0.2, 0) is 16.6 Å². The summed E-state index contributed by atoms with van der Waals surface area (Å²) in [5, 5.41) is 8.03. The molecular weight excluding hydrogens is 525 g/mol. The molecule has 0 bridgehead atoms. The monoisotopic (exact) mass is 555 g/mol. The molecule has 200 valence electrons. The highest BCUT2D eigenvalue weighted by atomic mass is 32.2. The molecule has 2 aromatic heterocycles. The highest BCUT2D eigenvalue weighted by Gasteiger charge is 2.31. The fourth-order valence-corrected chi connectivity index (χ4v) is 6.10. The average molecular weight is 556 g/mol. The zero-order valence-electron chi connectivity index (χ0n) is 21.0. The molecule has 1 aromatic carbocycles. The number of sulfonamides is 1. The summed E-state index contributed by atoms with van der Waals surface area (Å²) < 4.78 is 41.2. The number of piperidine rings is 1. The van der Waals surface area contributed by atoms with E-state index in [9.17, 15) is 12.8 Å². The number of allylic oxidation sites excluding steroid dienone is 3. The van der Waals surface area contributed by atoms with Crippen molar-refractivity contribution in [3.63, 3.8) is 0 Å². The van der Waals surface area contributed by atoms with E-state index in [1.54, 1.807) is 54.9 Å². The van der Waals surface area contributed by atoms with Gasteiger partial charge in [-0.2, -0.15) is 9.29 Å². The molecule has 0 spiro atoms. The Bertz CT molecular complexity index is 1390. The number of nitrogens with zero attached hydrogens (tertiary/aromatic N) is 5. The molecule has 0 radical (unpaired) electrons. The quantitative estimate of drug-likeness (QED) is 0.321. The fourth-order valence-electron chi connectivity index (χ4n) is 4.14. The molecule has 9 nitrogen and oxygen atoms in total. The first-order valence-corrected chi connectivity index (χ1v) is 14.4. The molecule has 38 heavy (non-hydrogen) atoms. The molecule has 1 fully saturated rings. The van der Waals surface area contributed by atoms with E-state index >= 15 is 0 Å². The van der Waals surface area contributed by atoms with Gasteiger partial charge in [-0.05, 0) is 55.3 Å². The third-order valence-electron chi connectivity index (χ3n) is 6.19. The van der Waals surface area contributed by atoms with Crippen LogP contribution >= 0.6 is 11.3 Å². The molecule has 1 saturated heterocycles. The van der Waals surface area contributed by atoms with Crippen molar-refractivity contribution >= 4 is 38.8 Å². The summed E-state index contributed by atoms with van der Waals surface area (Å²) in [7, 11) is -2.00. The molecule has 1 aliphatic heterocycles. The number of aromatic nitrogens is 3. The Morgan fingerprint density at radius 1 is 1.24 bits per heavy atom. The van der Waals surface area contributed by atoms with Crippen LogP contribution in [0.3, 0.4) is 0 Å². The Morgan fingerprint density at radius 3 is 2.61 bits per heavy atom. The summed E-state index contributed by atoms with van der Waals surface area (Å²) in [4.78, 5) is 15.4. The first-order chi connectivity index (χ1) is 18.2. The second-order valence-electron chi connectivity index (χ2n) is 8.80. The minimum Gasteiger partial charge on any atom is -0.340 e. The van der Waals surface area contributed by atoms with Gasteiger partial charge >= 0.3 is 0 Å². The lowest BCUT2D eigenvalue weighted by atomic mass is 10.1. The van der Waals surface area contributed by atoms with Gasteiger partial charge in [-0.3, -0.25) is 4.90 Å². The predicted octanol–water partition coefficient (Wildman–Crippen LogP) is 4.93. The van der Waals surface area contributed by atoms with Crippen LogP contribution in [0.5, 0.6) is 0 Å². The van der Waals surface area contributed by atoms with E-state index in [0.29, 0.717) is 17.2 Å². The summed E-state index contributed by atoms with van der Waals surface area (Å²) >= 11 is 1.58. The SMILES string of the molecule is C=C/C(=C\C(=C)F)Nc1ccnc(Nc2ccc(S(=O)(=O)N(C)C3CCN(Cc4cscn4)CC3)cc2)n1. The maximum atomic E-state index is 13.3. The lowest BCUT2D eigenvalue weighted by molar-refractivity contribution is 0.162. The van der Waals surface area contributed by atoms with Gasteiger partial charge in [0.25, 0.3) is 0 Å². The topological polar surface area (TPSA) is 103 Å². The molecule has 0 saturated carbocycles. The Balaban J connectivity index is 1.36. The molecule has 0 aliphatic carbocycles. The first-order valence-electron chi connectivity index (χ1n) is 12.0. The maximum absolute atomic E-state index is 13.3. The molecule has 2 N–H and O–H groups in total. The number of thiazole rings is 1. The van der Waals surface area contributed by atoms with Gasteiger partial charge in [0.15, 0.2) is 0 Å². The van der Waals surface area contributed by atoms with Crippen molar-refractivity contribution in [1.29, 1.82) is 0 Å². The van der Waals surface area contributed by atoms with Crippen LogP contribution in [-0.4, -0.2) is 58.8 Å². The normalized spacial score (nSPS) is 15.4. The van der Waals surface area contributed by atoms with Crippen molar-refractivity contribution in [2.45, 2.75) is 30.3 Å². The second-order valence-corrected chi connectivity index (χ2v) is 11.5. The molecule has 4 rings (SSSR count). The van der Waals surface area contributed by atoms with Crippen LogP contribution in [0.2, 0.25) is 0 Å². The number of likely N-dealkylation sites (tertiary alicyclic amines) is 1. The van der Waals surface area contributed by atoms with Gasteiger partial charge in [0.05, 0.1) is 16.1 Å². The number of hydrogen-bond donors (Lipinski definition) is 2. The molecule has 12 heteroatoms. The van der Waals surface area contributed by atoms with Gasteiger partial charge < -0.3 is 10.6 Å². The maximum Gasteiger partial charge on any atom is 0.243 e. The highest BCUT2D eigenvalue weighted by molar-refractivity contribution is 7.89. The van der Waals surface area contributed by atoms with Crippen molar-refractivity contribution in [2.75, 3.05) is 30.8 Å². The Kier molecular flexibility index (Phi) is 9.00. The van der Waals surface area contributed by atoms with Crippen LogP contribution < -0.4 is 10.6 Å². The zero-order valence-corrected chi connectivity index (χ0v) is 22.7. The summed E-state index contributed by atoms with van der Waals surface area (Å²) in [5.74, 6) is 0.0978. The molecule has 0 unspecified atom stereocenters. The number of hydrogen-bond acceptors (Lipinski definition) is 9. The summed E-state index contributed by atoms with van der Waals surface area (Å²) in [6.07, 6.45) is 5.72. The largest absolute Gasteiger partial charge is 0.340 e. The van der Waals surface area contributed by atoms with Crippen molar-refractivity contribution < 1.29 is 12.8 Å². The summed E-state index contributed by atoms with van der Waals surface area (Å²) in [6, 6.07) is 8.04. The van der Waals surface area contributed by atoms with Crippen LogP contribution in [0.4, 0.5) is 21.8 Å². The minimum atomic E-state index is -3.65. The zero-order chi connectivity index (χ0) is 27.1. The van der Waals surface area contributed by atoms with E-state index in [0.717, 1.165) is 38.2 Å². The predicted molar refractivity (Wildman–Crippen MR) is 149 cm³/mol. The average Bonchev–Trinajstić information content (AvgIpc) is 3.42. The molecule has 3 aromatic rings. The number of rotatable bonds is 11. The third-order valence-corrected chi connectivity index (χ3v) is 8.75. The van der Waals surface area contributed by atoms with Crippen LogP contribution in [0.25, 0.3) is 0 Å². The van der Waals surface area contributed by atoms with Gasteiger partial charge in [0, 0.05) is 55.7 Å². The van der Waals surface area contributed by atoms with Gasteiger partial charge in [-0.1, -0.05) is 13.2 Å². The number of nitrogens with one attached hydrogen (secondary N) is 2. The van der Waals surface area contributed by atoms with E-state index < -0.39 is 15.9 Å². The number of anilines is 3. The van der Waals surface area contributed by atoms with Crippen LogP contribution in [0, 0.1) is 0 Å². The lowest BCUT2D eigenvalue weighted by Gasteiger charge is -2.35. The second kappa shape index (κ2) is 12.4. The van der Waals surface area contributed by atoms with E-state index in [2.05, 4.69) is 43.6 Å². The van der Waals surface area contributed by atoms with E-state index in [4.69, 9.17) is 0 Å². The molecule has 3 heterocycles. The molecule has 0 amide bonds. The minimum absolute atomic E-state index is 0.0582. The summed E-state index contributed by atoms with van der Waals surface area (Å²) in [5.41, 5.74) is 3.90. The van der Waals surface area contributed by atoms with E-state index in [-0.39, 0.29) is 16.9 Å². The van der Waals surface area contributed by atoms with Crippen molar-refractivity contribution in [2.24, 2.45) is 0 Å². The van der Waals surface area contributed by atoms with Gasteiger partial charge in [0.1, 0.15) is 11.6 Å². The molecule has 1 aliphatic rings. The highest BCUT2D eigenvalue weighted by Crippen LogP contribution is 2.25. The standard InChI is InChI=1S/C26H30FN7O2S2/c1-4-20(15-19(2)27)30-25-9-12-28-26(32-25)31-21-5-7-24(8-6-21)38(35,36)33(3)23-10-13-34(14-11-23)16-22-17-37-18-29-22/h4-9,12,15,17-18,23H,1-2,10-11,13-14,16H2,3H3,(H2,28,30,31,32)/b20-15+. The Labute approximate surface area is 226 Å². The number of halogens is 1. The Morgan fingerprint density at radius 2 is 1.97 bits per heavy atom. The van der Waals surface area contributed by atoms with Gasteiger partial charge in [-0.25, -0.2) is 22.8 Å². The van der Waals surface area contributed by atoms with Crippen LogP contribution in [0.15, 0.2) is 89.1 Å². The first kappa shape index (κ1) is 27.6. The Hall–Kier alpha value is -3.45. The van der Waals surface area contributed by atoms with Crippen molar-refractivity contribution in [1.82, 2.24) is 24.2 Å². The van der Waals surface area contributed by atoms with Gasteiger partial charge in [-0.15, -0.1) is 11.3 Å². The van der Waals surface area contributed by atoms with Crippen LogP contribution in [0.1, 0.15) is 18.5 Å². The van der Waals surface area contributed by atoms with E-state index in [1.807, 2.05) is 10.9 Å². The number of benzene rings is 1. The summed E-state index contributed by atoms with van der Waals surface area (Å²) in [6.45, 7) is 9.29. The van der Waals surface area contributed by atoms with Crippen molar-refractivity contribution in [3.8, 4) is 0 Å². The molecular formula is C26H30FN7O2S2. The lowest BCUT2D eigenvalue weighted by Crippen LogP contribution is -2.45. The fraction of sp³-hybridized carbons (Fsp3) is 0.269.